The number of nitrogens with zero attached hydrogens (tertiary/aromatic N) is 3. The minimum absolute atomic E-state index is 0.0969. The molecule has 3 rings (SSSR count). The van der Waals surface area contributed by atoms with E-state index in [0.29, 0.717) is 5.69 Å². The molecule has 0 aliphatic carbocycles. The van der Waals surface area contributed by atoms with Crippen molar-refractivity contribution in [1.29, 1.82) is 0 Å². The van der Waals surface area contributed by atoms with E-state index in [9.17, 15) is 4.79 Å². The molecule has 6 heteroatoms. The second-order valence-electron chi connectivity index (χ2n) is 5.59. The summed E-state index contributed by atoms with van der Waals surface area (Å²) in [6, 6.07) is 9.97. The van der Waals surface area contributed by atoms with Gasteiger partial charge in [0.1, 0.15) is 5.69 Å². The molecule has 0 bridgehead atoms. The fourth-order valence-corrected chi connectivity index (χ4v) is 2.53. The highest BCUT2D eigenvalue weighted by Crippen LogP contribution is 2.17. The van der Waals surface area contributed by atoms with Crippen molar-refractivity contribution in [3.8, 4) is 5.69 Å². The Kier molecular flexibility index (Phi) is 3.97. The molecule has 2 aromatic heterocycles. The van der Waals surface area contributed by atoms with E-state index in [1.165, 1.54) is 12.5 Å². The summed E-state index contributed by atoms with van der Waals surface area (Å²) in [5, 5.41) is 7.41. The van der Waals surface area contributed by atoms with Crippen LogP contribution in [0, 0.1) is 13.8 Å². The average Bonchev–Trinajstić information content (AvgIpc) is 3.17. The number of amides is 1. The molecule has 1 atom stereocenters. The van der Waals surface area contributed by atoms with Gasteiger partial charge in [0.2, 0.25) is 0 Å². The summed E-state index contributed by atoms with van der Waals surface area (Å²) in [6.07, 6.45) is 3.00. The lowest BCUT2D eigenvalue weighted by atomic mass is 10.1. The number of hydrogen-bond donors (Lipinski definition) is 2. The molecule has 118 valence electrons. The SMILES string of the molecule is Cc1cc(C)n(-c2ccc([C@@H](C)NC(=O)c3cnc[nH]3)cc2)n1. The lowest BCUT2D eigenvalue weighted by Gasteiger charge is -2.14. The molecule has 3 aromatic rings. The van der Waals surface area contributed by atoms with Crippen LogP contribution in [0.15, 0.2) is 42.9 Å². The molecule has 0 unspecified atom stereocenters. The summed E-state index contributed by atoms with van der Waals surface area (Å²) in [4.78, 5) is 18.7. The Morgan fingerprint density at radius 2 is 2.00 bits per heavy atom. The maximum Gasteiger partial charge on any atom is 0.269 e. The van der Waals surface area contributed by atoms with Gasteiger partial charge in [0, 0.05) is 5.69 Å². The molecule has 1 amide bonds. The Bertz CT molecular complexity index is 802. The van der Waals surface area contributed by atoms with E-state index in [4.69, 9.17) is 0 Å². The van der Waals surface area contributed by atoms with Crippen LogP contribution >= 0.6 is 0 Å². The molecule has 0 aliphatic rings. The van der Waals surface area contributed by atoms with Gasteiger partial charge in [0.25, 0.3) is 5.91 Å². The van der Waals surface area contributed by atoms with Crippen molar-refractivity contribution in [2.45, 2.75) is 26.8 Å². The van der Waals surface area contributed by atoms with Crippen LogP contribution in [0.25, 0.3) is 5.69 Å². The fourth-order valence-electron chi connectivity index (χ4n) is 2.53. The van der Waals surface area contributed by atoms with Gasteiger partial charge < -0.3 is 10.3 Å². The summed E-state index contributed by atoms with van der Waals surface area (Å²) in [7, 11) is 0. The molecule has 0 fully saturated rings. The minimum Gasteiger partial charge on any atom is -0.344 e. The lowest BCUT2D eigenvalue weighted by molar-refractivity contribution is 0.0935. The predicted molar refractivity (Wildman–Crippen MR) is 87.5 cm³/mol. The molecule has 0 spiro atoms. The number of aryl methyl sites for hydroxylation is 2. The Hall–Kier alpha value is -2.89. The number of aromatic amines is 1. The van der Waals surface area contributed by atoms with Gasteiger partial charge in [-0.1, -0.05) is 12.1 Å². The van der Waals surface area contributed by atoms with Crippen molar-refractivity contribution < 1.29 is 4.79 Å². The van der Waals surface area contributed by atoms with Gasteiger partial charge >= 0.3 is 0 Å². The summed E-state index contributed by atoms with van der Waals surface area (Å²) < 4.78 is 1.91. The van der Waals surface area contributed by atoms with Crippen molar-refractivity contribution in [2.24, 2.45) is 0 Å². The first-order valence-corrected chi connectivity index (χ1v) is 7.47. The maximum absolute atomic E-state index is 12.0. The third-order valence-electron chi connectivity index (χ3n) is 3.74. The summed E-state index contributed by atoms with van der Waals surface area (Å²) in [5.41, 5.74) is 4.58. The number of aromatic nitrogens is 4. The van der Waals surface area contributed by atoms with Crippen molar-refractivity contribution in [2.75, 3.05) is 0 Å². The topological polar surface area (TPSA) is 75.6 Å². The van der Waals surface area contributed by atoms with Gasteiger partial charge in [-0.15, -0.1) is 0 Å². The molecule has 23 heavy (non-hydrogen) atoms. The van der Waals surface area contributed by atoms with E-state index in [1.54, 1.807) is 0 Å². The first-order chi connectivity index (χ1) is 11.0. The number of hydrogen-bond acceptors (Lipinski definition) is 3. The van der Waals surface area contributed by atoms with Crippen molar-refractivity contribution >= 4 is 5.91 Å². The molecular formula is C17H19N5O. The number of H-pyrrole nitrogens is 1. The second-order valence-corrected chi connectivity index (χ2v) is 5.59. The molecule has 6 nitrogen and oxygen atoms in total. The third kappa shape index (κ3) is 3.15. The number of nitrogens with one attached hydrogen (secondary N) is 2. The van der Waals surface area contributed by atoms with Crippen LogP contribution in [0.3, 0.4) is 0 Å². The zero-order valence-electron chi connectivity index (χ0n) is 13.4. The quantitative estimate of drug-likeness (QED) is 0.778. The van der Waals surface area contributed by atoms with Gasteiger partial charge in [-0.25, -0.2) is 9.67 Å². The van der Waals surface area contributed by atoms with E-state index in [-0.39, 0.29) is 11.9 Å². The van der Waals surface area contributed by atoms with Gasteiger partial charge in [0.05, 0.1) is 29.9 Å². The Labute approximate surface area is 134 Å². The van der Waals surface area contributed by atoms with E-state index < -0.39 is 0 Å². The normalized spacial score (nSPS) is 12.1. The van der Waals surface area contributed by atoms with Crippen LogP contribution in [0.2, 0.25) is 0 Å². The van der Waals surface area contributed by atoms with Crippen molar-refractivity contribution in [3.05, 3.63) is 65.5 Å². The highest BCUT2D eigenvalue weighted by molar-refractivity contribution is 5.92. The van der Waals surface area contributed by atoms with Crippen molar-refractivity contribution in [1.82, 2.24) is 25.1 Å². The summed E-state index contributed by atoms with van der Waals surface area (Å²) in [5.74, 6) is -0.169. The molecule has 2 heterocycles. The third-order valence-corrected chi connectivity index (χ3v) is 3.74. The Balaban J connectivity index is 1.74. The largest absolute Gasteiger partial charge is 0.344 e. The van der Waals surface area contributed by atoms with Crippen LogP contribution in [-0.2, 0) is 0 Å². The van der Waals surface area contributed by atoms with E-state index in [0.717, 1.165) is 22.6 Å². The number of rotatable bonds is 4. The van der Waals surface area contributed by atoms with Gasteiger partial charge in [-0.05, 0) is 44.5 Å². The summed E-state index contributed by atoms with van der Waals surface area (Å²) in [6.45, 7) is 5.96. The molecule has 0 aliphatic heterocycles. The number of carbonyl (C=O) groups is 1. The molecular weight excluding hydrogens is 290 g/mol. The van der Waals surface area contributed by atoms with E-state index in [2.05, 4.69) is 20.4 Å². The highest BCUT2D eigenvalue weighted by atomic mass is 16.1. The summed E-state index contributed by atoms with van der Waals surface area (Å²) >= 11 is 0. The van der Waals surface area contributed by atoms with Crippen LogP contribution in [0.5, 0.6) is 0 Å². The van der Waals surface area contributed by atoms with E-state index >= 15 is 0 Å². The van der Waals surface area contributed by atoms with Gasteiger partial charge in [-0.3, -0.25) is 4.79 Å². The van der Waals surface area contributed by atoms with E-state index in [1.807, 2.05) is 55.8 Å². The van der Waals surface area contributed by atoms with Crippen LogP contribution in [-0.4, -0.2) is 25.7 Å². The zero-order valence-corrected chi connectivity index (χ0v) is 13.4. The Morgan fingerprint density at radius 1 is 1.26 bits per heavy atom. The predicted octanol–water partition coefficient (Wildman–Crippen LogP) is 2.70. The van der Waals surface area contributed by atoms with Gasteiger partial charge in [-0.2, -0.15) is 5.10 Å². The standard InChI is InChI=1S/C17H19N5O/c1-11-8-12(2)22(21-11)15-6-4-14(5-7-15)13(3)20-17(23)16-9-18-10-19-16/h4-10,13H,1-3H3,(H,18,19)(H,20,23)/t13-/m1/s1. The highest BCUT2D eigenvalue weighted by Gasteiger charge is 2.12. The Morgan fingerprint density at radius 3 is 2.57 bits per heavy atom. The number of carbonyl (C=O) groups excluding carboxylic acids is 1. The smallest absolute Gasteiger partial charge is 0.269 e. The zero-order chi connectivity index (χ0) is 16.4. The monoisotopic (exact) mass is 309 g/mol. The first-order valence-electron chi connectivity index (χ1n) is 7.47. The number of imidazole rings is 1. The second kappa shape index (κ2) is 6.08. The van der Waals surface area contributed by atoms with Crippen LogP contribution in [0.4, 0.5) is 0 Å². The minimum atomic E-state index is -0.169. The lowest BCUT2D eigenvalue weighted by Crippen LogP contribution is -2.26. The molecule has 0 saturated heterocycles. The molecule has 2 N–H and O–H groups in total. The first kappa shape index (κ1) is 15.0. The average molecular weight is 309 g/mol. The van der Waals surface area contributed by atoms with Crippen LogP contribution in [0.1, 0.15) is 40.4 Å². The van der Waals surface area contributed by atoms with Crippen LogP contribution < -0.4 is 5.32 Å². The van der Waals surface area contributed by atoms with Crippen molar-refractivity contribution in [3.63, 3.8) is 0 Å². The van der Waals surface area contributed by atoms with Gasteiger partial charge in [0.15, 0.2) is 0 Å². The maximum atomic E-state index is 12.0. The molecule has 0 radical (unpaired) electrons. The fraction of sp³-hybridized carbons (Fsp3) is 0.235. The molecule has 1 aromatic carbocycles. The number of benzene rings is 1. The molecule has 0 saturated carbocycles.